The van der Waals surface area contributed by atoms with Crippen LogP contribution in [0.25, 0.3) is 0 Å². The van der Waals surface area contributed by atoms with Gasteiger partial charge in [0.1, 0.15) is 0 Å². The summed E-state index contributed by atoms with van der Waals surface area (Å²) in [6.45, 7) is 8.78. The highest BCUT2D eigenvalue weighted by atomic mass is 32.1. The van der Waals surface area contributed by atoms with E-state index in [0.717, 1.165) is 5.92 Å². The number of hydrogen-bond donors (Lipinski definition) is 1. The van der Waals surface area contributed by atoms with E-state index in [-0.39, 0.29) is 0 Å². The normalized spacial score (nSPS) is 13.4. The zero-order chi connectivity index (χ0) is 12.1. The average Bonchev–Trinajstić information content (AvgIpc) is 2.52. The summed E-state index contributed by atoms with van der Waals surface area (Å²) in [7, 11) is 2.05. The van der Waals surface area contributed by atoms with Crippen molar-refractivity contribution in [1.29, 1.82) is 0 Å². The molecule has 16 heavy (non-hydrogen) atoms. The van der Waals surface area contributed by atoms with Crippen LogP contribution in [0.15, 0.2) is 0 Å². The highest BCUT2D eigenvalue weighted by Gasteiger charge is 2.15. The number of thiazole rings is 1. The molecule has 92 valence electrons. The Bertz CT molecular complexity index is 318. The van der Waals surface area contributed by atoms with E-state index in [1.807, 2.05) is 11.3 Å². The van der Waals surface area contributed by atoms with Crippen molar-refractivity contribution in [3.05, 3.63) is 15.6 Å². The van der Waals surface area contributed by atoms with Crippen LogP contribution in [0.1, 0.15) is 54.7 Å². The van der Waals surface area contributed by atoms with Gasteiger partial charge in [-0.3, -0.25) is 0 Å². The van der Waals surface area contributed by atoms with Gasteiger partial charge >= 0.3 is 0 Å². The molecule has 1 N–H and O–H groups in total. The molecular weight excluding hydrogens is 216 g/mol. The molecule has 1 aromatic rings. The minimum Gasteiger partial charge on any atom is -0.312 e. The van der Waals surface area contributed by atoms with Crippen molar-refractivity contribution in [1.82, 2.24) is 10.3 Å². The lowest BCUT2D eigenvalue weighted by molar-refractivity contribution is 0.473. The first kappa shape index (κ1) is 13.7. The lowest BCUT2D eigenvalue weighted by Crippen LogP contribution is -2.16. The van der Waals surface area contributed by atoms with Gasteiger partial charge in [0.15, 0.2) is 0 Å². The number of aromatic nitrogens is 1. The predicted octanol–water partition coefficient (Wildman–Crippen LogP) is 3.85. The molecule has 1 heterocycles. The van der Waals surface area contributed by atoms with E-state index < -0.39 is 0 Å². The Morgan fingerprint density at radius 3 is 2.38 bits per heavy atom. The van der Waals surface area contributed by atoms with Crippen LogP contribution in [-0.4, -0.2) is 12.0 Å². The molecular formula is C13H24N2S. The summed E-state index contributed by atoms with van der Waals surface area (Å²) in [5.74, 6) is 0.807. The smallest absolute Gasteiger partial charge is 0.0900 e. The Kier molecular flexibility index (Phi) is 5.42. The fourth-order valence-electron chi connectivity index (χ4n) is 2.01. The molecule has 1 unspecified atom stereocenters. The van der Waals surface area contributed by atoms with E-state index in [1.165, 1.54) is 34.8 Å². The minimum absolute atomic E-state index is 0.491. The molecule has 2 nitrogen and oxygen atoms in total. The first-order valence-electron chi connectivity index (χ1n) is 6.15. The van der Waals surface area contributed by atoms with Crippen molar-refractivity contribution in [3.63, 3.8) is 0 Å². The fraction of sp³-hybridized carbons (Fsp3) is 0.769. The summed E-state index contributed by atoms with van der Waals surface area (Å²) in [4.78, 5) is 5.92. The first-order valence-corrected chi connectivity index (χ1v) is 6.97. The number of hydrogen-bond acceptors (Lipinski definition) is 3. The largest absolute Gasteiger partial charge is 0.312 e. The molecule has 0 aromatic carbocycles. The van der Waals surface area contributed by atoms with Crippen molar-refractivity contribution in [2.24, 2.45) is 5.92 Å². The van der Waals surface area contributed by atoms with Gasteiger partial charge in [0.2, 0.25) is 0 Å². The van der Waals surface area contributed by atoms with E-state index >= 15 is 0 Å². The van der Waals surface area contributed by atoms with Crippen LogP contribution in [0.3, 0.4) is 0 Å². The molecule has 0 aliphatic heterocycles. The topological polar surface area (TPSA) is 24.9 Å². The van der Waals surface area contributed by atoms with Gasteiger partial charge < -0.3 is 5.32 Å². The van der Waals surface area contributed by atoms with Gasteiger partial charge in [-0.1, -0.05) is 26.7 Å². The van der Waals surface area contributed by atoms with E-state index in [1.54, 1.807) is 0 Å². The highest BCUT2D eigenvalue weighted by Crippen LogP contribution is 2.28. The van der Waals surface area contributed by atoms with Gasteiger partial charge in [-0.2, -0.15) is 0 Å². The molecule has 1 atom stereocenters. The molecule has 0 saturated carbocycles. The third-order valence-corrected chi connectivity index (χ3v) is 4.07. The average molecular weight is 240 g/mol. The van der Waals surface area contributed by atoms with Gasteiger partial charge in [0.25, 0.3) is 0 Å². The highest BCUT2D eigenvalue weighted by molar-refractivity contribution is 7.11. The van der Waals surface area contributed by atoms with Crippen LogP contribution in [0, 0.1) is 19.8 Å². The van der Waals surface area contributed by atoms with Crippen LogP contribution in [0.5, 0.6) is 0 Å². The number of nitrogens with one attached hydrogen (secondary N) is 1. The van der Waals surface area contributed by atoms with Crippen LogP contribution in [0.4, 0.5) is 0 Å². The van der Waals surface area contributed by atoms with E-state index in [9.17, 15) is 0 Å². The maximum Gasteiger partial charge on any atom is 0.0900 e. The second-order valence-electron chi connectivity index (χ2n) is 4.85. The molecule has 0 aliphatic carbocycles. The number of rotatable bonds is 6. The second-order valence-corrected chi connectivity index (χ2v) is 6.08. The Morgan fingerprint density at radius 2 is 1.94 bits per heavy atom. The summed E-state index contributed by atoms with van der Waals surface area (Å²) >= 11 is 1.83. The molecule has 1 aromatic heterocycles. The van der Waals surface area contributed by atoms with Gasteiger partial charge in [-0.15, -0.1) is 11.3 Å². The molecule has 0 radical (unpaired) electrons. The van der Waals surface area contributed by atoms with Crippen LogP contribution in [-0.2, 0) is 0 Å². The predicted molar refractivity (Wildman–Crippen MR) is 72.1 cm³/mol. The molecule has 0 spiro atoms. The lowest BCUT2D eigenvalue weighted by Gasteiger charge is -2.15. The molecule has 0 saturated heterocycles. The Hall–Kier alpha value is -0.410. The van der Waals surface area contributed by atoms with Crippen molar-refractivity contribution in [2.75, 3.05) is 7.05 Å². The molecule has 1 rings (SSSR count). The van der Waals surface area contributed by atoms with Gasteiger partial charge in [-0.25, -0.2) is 4.98 Å². The quantitative estimate of drug-likeness (QED) is 0.817. The Morgan fingerprint density at radius 1 is 1.25 bits per heavy atom. The molecule has 0 bridgehead atoms. The third kappa shape index (κ3) is 3.87. The van der Waals surface area contributed by atoms with E-state index in [0.29, 0.717) is 6.04 Å². The second kappa shape index (κ2) is 6.36. The maximum atomic E-state index is 4.50. The Labute approximate surface area is 103 Å². The Balaban J connectivity index is 2.57. The van der Waals surface area contributed by atoms with Crippen molar-refractivity contribution in [3.8, 4) is 0 Å². The summed E-state index contributed by atoms with van der Waals surface area (Å²) in [5, 5.41) is 4.59. The maximum absolute atomic E-state index is 4.50. The van der Waals surface area contributed by atoms with Gasteiger partial charge in [0, 0.05) is 10.9 Å². The molecule has 0 amide bonds. The lowest BCUT2D eigenvalue weighted by atomic mass is 10.0. The monoisotopic (exact) mass is 240 g/mol. The van der Waals surface area contributed by atoms with Crippen LogP contribution in [0.2, 0.25) is 0 Å². The molecule has 0 aliphatic rings. The number of aryl methyl sites for hydroxylation is 2. The van der Waals surface area contributed by atoms with Gasteiger partial charge in [-0.05, 0) is 33.2 Å². The first-order chi connectivity index (χ1) is 7.54. The summed E-state index contributed by atoms with van der Waals surface area (Å²) in [6.07, 6.45) is 3.83. The third-order valence-electron chi connectivity index (χ3n) is 2.88. The van der Waals surface area contributed by atoms with Crippen LogP contribution >= 0.6 is 11.3 Å². The van der Waals surface area contributed by atoms with Crippen LogP contribution < -0.4 is 5.32 Å². The van der Waals surface area contributed by atoms with Gasteiger partial charge in [0.05, 0.1) is 10.7 Å². The van der Waals surface area contributed by atoms with Crippen molar-refractivity contribution in [2.45, 2.75) is 53.0 Å². The fourth-order valence-corrected chi connectivity index (χ4v) is 3.08. The zero-order valence-electron chi connectivity index (χ0n) is 11.1. The summed E-state index contributed by atoms with van der Waals surface area (Å²) in [5.41, 5.74) is 1.20. The zero-order valence-corrected chi connectivity index (χ0v) is 11.9. The van der Waals surface area contributed by atoms with Crippen molar-refractivity contribution >= 4 is 11.3 Å². The van der Waals surface area contributed by atoms with E-state index in [4.69, 9.17) is 0 Å². The molecule has 0 fully saturated rings. The summed E-state index contributed by atoms with van der Waals surface area (Å²) < 4.78 is 0. The number of nitrogens with zero attached hydrogens (tertiary/aromatic N) is 1. The van der Waals surface area contributed by atoms with E-state index in [2.05, 4.69) is 45.0 Å². The summed E-state index contributed by atoms with van der Waals surface area (Å²) in [6, 6.07) is 0.491. The minimum atomic E-state index is 0.491. The molecule has 3 heteroatoms. The standard InChI is InChI=1S/C13H24N2S/c1-9(2)7-6-8-12(14-5)13-10(3)15-11(4)16-13/h9,12,14H,6-8H2,1-5H3. The van der Waals surface area contributed by atoms with Crippen molar-refractivity contribution < 1.29 is 0 Å². The SMILES string of the molecule is CNC(CCCC(C)C)c1sc(C)nc1C.